The highest BCUT2D eigenvalue weighted by Crippen LogP contribution is 2.32. The summed E-state index contributed by atoms with van der Waals surface area (Å²) in [6, 6.07) is 2.34. The number of hydrogen-bond acceptors (Lipinski definition) is 4. The molecule has 0 aliphatic heterocycles. The van der Waals surface area contributed by atoms with Crippen molar-refractivity contribution < 1.29 is 24.9 Å². The summed E-state index contributed by atoms with van der Waals surface area (Å²) in [5.41, 5.74) is -0.517. The predicted molar refractivity (Wildman–Crippen MR) is 57.1 cm³/mol. The van der Waals surface area contributed by atoms with Crippen LogP contribution in [-0.4, -0.2) is 27.9 Å². The zero-order chi connectivity index (χ0) is 12.3. The molecule has 0 saturated heterocycles. The Morgan fingerprint density at radius 1 is 1.31 bits per heavy atom. The molecule has 5 heteroatoms. The van der Waals surface area contributed by atoms with Gasteiger partial charge in [-0.1, -0.05) is 13.8 Å². The number of aromatic carboxylic acids is 1. The highest BCUT2D eigenvalue weighted by Gasteiger charge is 2.17. The number of aromatic hydroxyl groups is 2. The number of ether oxygens (including phenoxy) is 1. The number of benzene rings is 1. The van der Waals surface area contributed by atoms with E-state index in [4.69, 9.17) is 9.84 Å². The molecule has 1 aromatic rings. The second kappa shape index (κ2) is 4.74. The Bertz CT molecular complexity index is 374. The summed E-state index contributed by atoms with van der Waals surface area (Å²) >= 11 is 0. The lowest BCUT2D eigenvalue weighted by Gasteiger charge is -2.10. The molecule has 0 aliphatic carbocycles. The number of phenols is 2. The normalized spacial score (nSPS) is 10.4. The summed E-state index contributed by atoms with van der Waals surface area (Å²) in [5, 5.41) is 27.5. The number of rotatable bonds is 4. The quantitative estimate of drug-likeness (QED) is 0.729. The van der Waals surface area contributed by atoms with Gasteiger partial charge in [0, 0.05) is 12.1 Å². The lowest BCUT2D eigenvalue weighted by Crippen LogP contribution is -2.05. The first-order valence-corrected chi connectivity index (χ1v) is 4.84. The summed E-state index contributed by atoms with van der Waals surface area (Å²) in [5.74, 6) is -1.86. The van der Waals surface area contributed by atoms with Crippen LogP contribution in [0.2, 0.25) is 0 Å². The largest absolute Gasteiger partial charge is 0.507 e. The zero-order valence-corrected chi connectivity index (χ0v) is 9.10. The van der Waals surface area contributed by atoms with E-state index in [-0.39, 0.29) is 5.75 Å². The molecule has 0 aliphatic rings. The van der Waals surface area contributed by atoms with Crippen molar-refractivity contribution in [1.82, 2.24) is 0 Å². The predicted octanol–water partition coefficient (Wildman–Crippen LogP) is 1.83. The first kappa shape index (κ1) is 12.2. The van der Waals surface area contributed by atoms with Crippen LogP contribution in [0.1, 0.15) is 24.2 Å². The van der Waals surface area contributed by atoms with Crippen molar-refractivity contribution >= 4 is 5.97 Å². The minimum absolute atomic E-state index is 0.244. The number of carboxylic acid groups (broad SMARTS) is 1. The smallest absolute Gasteiger partial charge is 0.343 e. The molecule has 1 aromatic carbocycles. The third kappa shape index (κ3) is 2.79. The van der Waals surface area contributed by atoms with E-state index in [1.807, 2.05) is 13.8 Å². The molecule has 1 rings (SSSR count). The van der Waals surface area contributed by atoms with Crippen LogP contribution in [0.3, 0.4) is 0 Å². The molecular formula is C11H14O5. The fourth-order valence-electron chi connectivity index (χ4n) is 1.15. The van der Waals surface area contributed by atoms with E-state index in [0.29, 0.717) is 12.5 Å². The maximum atomic E-state index is 10.7. The molecule has 5 nitrogen and oxygen atoms in total. The van der Waals surface area contributed by atoms with Crippen LogP contribution in [0.5, 0.6) is 17.2 Å². The molecule has 0 heterocycles. The molecule has 0 fully saturated rings. The summed E-state index contributed by atoms with van der Waals surface area (Å²) in [6.07, 6.45) is 0. The van der Waals surface area contributed by atoms with Gasteiger partial charge in [0.05, 0.1) is 6.61 Å². The molecule has 0 bridgehead atoms. The van der Waals surface area contributed by atoms with Gasteiger partial charge in [-0.3, -0.25) is 0 Å². The van der Waals surface area contributed by atoms with E-state index >= 15 is 0 Å². The monoisotopic (exact) mass is 226 g/mol. The lowest BCUT2D eigenvalue weighted by atomic mass is 10.1. The molecule has 3 N–H and O–H groups in total. The highest BCUT2D eigenvalue weighted by molar-refractivity contribution is 5.94. The van der Waals surface area contributed by atoms with Gasteiger partial charge in [-0.15, -0.1) is 0 Å². The van der Waals surface area contributed by atoms with Crippen molar-refractivity contribution in [1.29, 1.82) is 0 Å². The van der Waals surface area contributed by atoms with Crippen LogP contribution in [0, 0.1) is 5.92 Å². The van der Waals surface area contributed by atoms with Gasteiger partial charge in [0.25, 0.3) is 0 Å². The van der Waals surface area contributed by atoms with E-state index in [9.17, 15) is 15.0 Å². The van der Waals surface area contributed by atoms with Crippen molar-refractivity contribution in [2.75, 3.05) is 6.61 Å². The Morgan fingerprint density at radius 3 is 2.19 bits per heavy atom. The summed E-state index contributed by atoms with van der Waals surface area (Å²) < 4.78 is 5.25. The molecule has 0 aromatic heterocycles. The van der Waals surface area contributed by atoms with Crippen molar-refractivity contribution in [3.8, 4) is 17.2 Å². The van der Waals surface area contributed by atoms with Crippen LogP contribution in [0.25, 0.3) is 0 Å². The molecule has 0 radical (unpaired) electrons. The van der Waals surface area contributed by atoms with Crippen LogP contribution in [-0.2, 0) is 0 Å². The van der Waals surface area contributed by atoms with E-state index in [1.54, 1.807) is 0 Å². The molecular weight excluding hydrogens is 212 g/mol. The van der Waals surface area contributed by atoms with Gasteiger partial charge in [-0.2, -0.15) is 0 Å². The Kier molecular flexibility index (Phi) is 3.60. The second-order valence-electron chi connectivity index (χ2n) is 3.85. The standard InChI is InChI=1S/C11H14O5/c1-6(2)5-16-7-3-8(12)10(11(14)15)9(13)4-7/h3-4,6,12-13H,5H2,1-2H3,(H,14,15). The molecule has 88 valence electrons. The van der Waals surface area contributed by atoms with Crippen LogP contribution < -0.4 is 4.74 Å². The van der Waals surface area contributed by atoms with E-state index in [1.165, 1.54) is 12.1 Å². The number of hydrogen-bond donors (Lipinski definition) is 3. The third-order valence-electron chi connectivity index (χ3n) is 1.87. The van der Waals surface area contributed by atoms with Crippen LogP contribution in [0.15, 0.2) is 12.1 Å². The van der Waals surface area contributed by atoms with Crippen molar-refractivity contribution in [3.63, 3.8) is 0 Å². The maximum Gasteiger partial charge on any atom is 0.343 e. The Hall–Kier alpha value is -1.91. The van der Waals surface area contributed by atoms with E-state index < -0.39 is 23.0 Å². The van der Waals surface area contributed by atoms with E-state index in [0.717, 1.165) is 0 Å². The minimum atomic E-state index is -1.38. The Labute approximate surface area is 92.9 Å². The average molecular weight is 226 g/mol. The van der Waals surface area contributed by atoms with Crippen LogP contribution >= 0.6 is 0 Å². The zero-order valence-electron chi connectivity index (χ0n) is 9.10. The first-order chi connectivity index (χ1) is 7.41. The molecule has 0 atom stereocenters. The van der Waals surface area contributed by atoms with Crippen molar-refractivity contribution in [3.05, 3.63) is 17.7 Å². The maximum absolute atomic E-state index is 10.7. The van der Waals surface area contributed by atoms with Gasteiger partial charge in [0.2, 0.25) is 0 Å². The Balaban J connectivity index is 2.96. The van der Waals surface area contributed by atoms with Crippen LogP contribution in [0.4, 0.5) is 0 Å². The van der Waals surface area contributed by atoms with Gasteiger partial charge in [-0.25, -0.2) is 4.79 Å². The molecule has 0 amide bonds. The highest BCUT2D eigenvalue weighted by atomic mass is 16.5. The molecule has 0 spiro atoms. The number of carboxylic acids is 1. The van der Waals surface area contributed by atoms with Gasteiger partial charge in [-0.05, 0) is 5.92 Å². The first-order valence-electron chi connectivity index (χ1n) is 4.84. The third-order valence-corrected chi connectivity index (χ3v) is 1.87. The topological polar surface area (TPSA) is 87.0 Å². The Morgan fingerprint density at radius 2 is 1.81 bits per heavy atom. The van der Waals surface area contributed by atoms with Gasteiger partial charge in [0.1, 0.15) is 22.8 Å². The SMILES string of the molecule is CC(C)COc1cc(O)c(C(=O)O)c(O)c1. The fourth-order valence-corrected chi connectivity index (χ4v) is 1.15. The fraction of sp³-hybridized carbons (Fsp3) is 0.364. The molecule has 16 heavy (non-hydrogen) atoms. The van der Waals surface area contributed by atoms with Gasteiger partial charge in [0.15, 0.2) is 0 Å². The van der Waals surface area contributed by atoms with Crippen molar-refractivity contribution in [2.45, 2.75) is 13.8 Å². The summed E-state index contributed by atoms with van der Waals surface area (Å²) in [7, 11) is 0. The second-order valence-corrected chi connectivity index (χ2v) is 3.85. The lowest BCUT2D eigenvalue weighted by molar-refractivity contribution is 0.0690. The molecule has 0 unspecified atom stereocenters. The summed E-state index contributed by atoms with van der Waals surface area (Å²) in [4.78, 5) is 10.7. The van der Waals surface area contributed by atoms with Gasteiger partial charge < -0.3 is 20.1 Å². The summed E-state index contributed by atoms with van der Waals surface area (Å²) in [6.45, 7) is 4.32. The van der Waals surface area contributed by atoms with Gasteiger partial charge >= 0.3 is 5.97 Å². The van der Waals surface area contributed by atoms with E-state index in [2.05, 4.69) is 0 Å². The number of carbonyl (C=O) groups is 1. The van der Waals surface area contributed by atoms with Crippen molar-refractivity contribution in [2.24, 2.45) is 5.92 Å². The average Bonchev–Trinajstić information content (AvgIpc) is 2.12. The minimum Gasteiger partial charge on any atom is -0.507 e. The molecule has 0 saturated carbocycles.